The first-order chi connectivity index (χ1) is 11.4. The third-order valence-corrected chi connectivity index (χ3v) is 4.31. The Bertz CT molecular complexity index is 496. The van der Waals surface area contributed by atoms with E-state index in [9.17, 15) is 4.79 Å². The number of rotatable bonds is 6. The van der Waals surface area contributed by atoms with E-state index in [1.54, 1.807) is 0 Å². The molecule has 2 rings (SSSR count). The highest BCUT2D eigenvalue weighted by molar-refractivity contribution is 5.75. The molecule has 0 radical (unpaired) electrons. The molecule has 0 aromatic heterocycles. The molecule has 1 fully saturated rings. The van der Waals surface area contributed by atoms with Crippen LogP contribution in [0.5, 0.6) is 0 Å². The van der Waals surface area contributed by atoms with Gasteiger partial charge in [-0.15, -0.1) is 0 Å². The highest BCUT2D eigenvalue weighted by Crippen LogP contribution is 2.20. The molecule has 0 spiro atoms. The van der Waals surface area contributed by atoms with Gasteiger partial charge in [0, 0.05) is 39.2 Å². The zero-order valence-corrected chi connectivity index (χ0v) is 15.4. The van der Waals surface area contributed by atoms with Gasteiger partial charge in [0.15, 0.2) is 0 Å². The topological polar surface area (TPSA) is 41.6 Å². The Balaban J connectivity index is 1.76. The maximum atomic E-state index is 12.0. The van der Waals surface area contributed by atoms with Crippen LogP contribution in [0.3, 0.4) is 0 Å². The van der Waals surface area contributed by atoms with Crippen molar-refractivity contribution < 1.29 is 9.53 Å². The minimum absolute atomic E-state index is 0.0785. The molecule has 4 nitrogen and oxygen atoms in total. The third-order valence-electron chi connectivity index (χ3n) is 4.31. The summed E-state index contributed by atoms with van der Waals surface area (Å²) < 4.78 is 5.91. The second-order valence-corrected chi connectivity index (χ2v) is 7.93. The lowest BCUT2D eigenvalue weighted by molar-refractivity contribution is -0.122. The summed E-state index contributed by atoms with van der Waals surface area (Å²) in [5.41, 5.74) is 1.52. The first kappa shape index (κ1) is 18.9. The number of nitrogens with one attached hydrogen (secondary N) is 1. The van der Waals surface area contributed by atoms with E-state index < -0.39 is 0 Å². The number of carbonyl (C=O) groups excluding carboxylic acids is 1. The Hall–Kier alpha value is -1.39. The molecule has 4 heteroatoms. The minimum atomic E-state index is 0.0785. The van der Waals surface area contributed by atoms with Gasteiger partial charge in [-0.05, 0) is 23.8 Å². The Morgan fingerprint density at radius 3 is 2.75 bits per heavy atom. The number of hydrogen-bond acceptors (Lipinski definition) is 3. The van der Waals surface area contributed by atoms with Crippen LogP contribution in [0.15, 0.2) is 30.3 Å². The highest BCUT2D eigenvalue weighted by Gasteiger charge is 2.20. The van der Waals surface area contributed by atoms with Gasteiger partial charge in [-0.3, -0.25) is 9.69 Å². The molecule has 0 unspecified atom stereocenters. The van der Waals surface area contributed by atoms with E-state index >= 15 is 0 Å². The molecule has 0 saturated carbocycles. The van der Waals surface area contributed by atoms with Gasteiger partial charge in [0.25, 0.3) is 0 Å². The summed E-state index contributed by atoms with van der Waals surface area (Å²) in [6.45, 7) is 10.7. The quantitative estimate of drug-likeness (QED) is 0.870. The molecule has 0 bridgehead atoms. The van der Waals surface area contributed by atoms with Crippen LogP contribution < -0.4 is 5.32 Å². The zero-order chi connectivity index (χ0) is 17.4. The fraction of sp³-hybridized carbons (Fsp3) is 0.650. The van der Waals surface area contributed by atoms with Crippen molar-refractivity contribution in [3.63, 3.8) is 0 Å². The van der Waals surface area contributed by atoms with Gasteiger partial charge in [-0.2, -0.15) is 0 Å². The van der Waals surface area contributed by atoms with E-state index in [1.165, 1.54) is 5.56 Å². The average molecular weight is 332 g/mol. The monoisotopic (exact) mass is 332 g/mol. The molecule has 1 amide bonds. The summed E-state index contributed by atoms with van der Waals surface area (Å²) in [5, 5.41) is 3.05. The van der Waals surface area contributed by atoms with Crippen molar-refractivity contribution in [1.29, 1.82) is 0 Å². The van der Waals surface area contributed by atoms with Crippen LogP contribution in [0.2, 0.25) is 0 Å². The van der Waals surface area contributed by atoms with Crippen molar-refractivity contribution in [3.8, 4) is 0 Å². The number of carbonyl (C=O) groups is 1. The van der Waals surface area contributed by atoms with E-state index in [1.807, 2.05) is 6.07 Å². The SMILES string of the molecule is CC(C)(C)CCC(=O)NC[C@@H]1CN(Cc2ccccc2)CCCO1. The molecule has 1 saturated heterocycles. The van der Waals surface area contributed by atoms with Gasteiger partial charge in [0.2, 0.25) is 5.91 Å². The second kappa shape index (κ2) is 9.19. The molecule has 1 aliphatic heterocycles. The van der Waals surface area contributed by atoms with Gasteiger partial charge in [0.05, 0.1) is 6.10 Å². The van der Waals surface area contributed by atoms with Crippen LogP contribution in [-0.2, 0) is 16.1 Å². The molecule has 1 atom stereocenters. The maximum absolute atomic E-state index is 12.0. The lowest BCUT2D eigenvalue weighted by Gasteiger charge is -2.24. The van der Waals surface area contributed by atoms with Crippen molar-refractivity contribution in [2.24, 2.45) is 5.41 Å². The Morgan fingerprint density at radius 2 is 2.04 bits per heavy atom. The molecule has 1 N–H and O–H groups in total. The standard InChI is InChI=1S/C20H32N2O2/c1-20(2,3)11-10-19(23)21-14-18-16-22(12-7-13-24-18)15-17-8-5-4-6-9-17/h4-6,8-9,18H,7,10-16H2,1-3H3,(H,21,23)/t18-/m1/s1. The molecule has 1 aromatic carbocycles. The van der Waals surface area contributed by atoms with Crippen LogP contribution in [0.25, 0.3) is 0 Å². The van der Waals surface area contributed by atoms with Gasteiger partial charge >= 0.3 is 0 Å². The fourth-order valence-electron chi connectivity index (χ4n) is 2.88. The highest BCUT2D eigenvalue weighted by atomic mass is 16.5. The van der Waals surface area contributed by atoms with Crippen molar-refractivity contribution in [3.05, 3.63) is 35.9 Å². The number of amides is 1. The molecule has 1 aromatic rings. The summed E-state index contributed by atoms with van der Waals surface area (Å²) in [4.78, 5) is 14.4. The van der Waals surface area contributed by atoms with Gasteiger partial charge in [-0.1, -0.05) is 51.1 Å². The van der Waals surface area contributed by atoms with Crippen molar-refractivity contribution in [2.75, 3.05) is 26.2 Å². The number of benzene rings is 1. The van der Waals surface area contributed by atoms with Crippen LogP contribution >= 0.6 is 0 Å². The molecular weight excluding hydrogens is 300 g/mol. The first-order valence-electron chi connectivity index (χ1n) is 9.07. The van der Waals surface area contributed by atoms with Crippen molar-refractivity contribution in [1.82, 2.24) is 10.2 Å². The van der Waals surface area contributed by atoms with Gasteiger partial charge in [0.1, 0.15) is 0 Å². The predicted octanol–water partition coefficient (Wildman–Crippen LogP) is 3.22. The molecule has 1 aliphatic rings. The van der Waals surface area contributed by atoms with Crippen LogP contribution in [0.4, 0.5) is 0 Å². The van der Waals surface area contributed by atoms with Crippen molar-refractivity contribution >= 4 is 5.91 Å². The van der Waals surface area contributed by atoms with E-state index in [4.69, 9.17) is 4.74 Å². The average Bonchev–Trinajstić information content (AvgIpc) is 2.76. The number of ether oxygens (including phenoxy) is 1. The summed E-state index contributed by atoms with van der Waals surface area (Å²) in [6.07, 6.45) is 2.62. The fourth-order valence-corrected chi connectivity index (χ4v) is 2.88. The lowest BCUT2D eigenvalue weighted by atomic mass is 9.90. The first-order valence-corrected chi connectivity index (χ1v) is 9.07. The van der Waals surface area contributed by atoms with E-state index in [-0.39, 0.29) is 17.4 Å². The number of nitrogens with zero attached hydrogens (tertiary/aromatic N) is 1. The maximum Gasteiger partial charge on any atom is 0.220 e. The summed E-state index contributed by atoms with van der Waals surface area (Å²) in [5.74, 6) is 0.132. The second-order valence-electron chi connectivity index (χ2n) is 7.93. The zero-order valence-electron chi connectivity index (χ0n) is 15.4. The van der Waals surface area contributed by atoms with Gasteiger partial charge in [-0.25, -0.2) is 0 Å². The molecule has 24 heavy (non-hydrogen) atoms. The molecule has 1 heterocycles. The van der Waals surface area contributed by atoms with E-state index in [0.717, 1.165) is 39.1 Å². The largest absolute Gasteiger partial charge is 0.375 e. The Kier molecular flexibility index (Phi) is 7.25. The van der Waals surface area contributed by atoms with Crippen LogP contribution in [0.1, 0.15) is 45.6 Å². The summed E-state index contributed by atoms with van der Waals surface area (Å²) in [7, 11) is 0. The predicted molar refractivity (Wildman–Crippen MR) is 97.8 cm³/mol. The van der Waals surface area contributed by atoms with Crippen LogP contribution in [-0.4, -0.2) is 43.2 Å². The summed E-state index contributed by atoms with van der Waals surface area (Å²) in [6, 6.07) is 10.5. The van der Waals surface area contributed by atoms with E-state index in [2.05, 4.69) is 55.3 Å². The summed E-state index contributed by atoms with van der Waals surface area (Å²) >= 11 is 0. The Morgan fingerprint density at radius 1 is 1.29 bits per heavy atom. The van der Waals surface area contributed by atoms with Crippen LogP contribution in [0, 0.1) is 5.41 Å². The van der Waals surface area contributed by atoms with Crippen molar-refractivity contribution in [2.45, 2.75) is 52.7 Å². The molecule has 0 aliphatic carbocycles. The lowest BCUT2D eigenvalue weighted by Crippen LogP contribution is -2.40. The molecular formula is C20H32N2O2. The van der Waals surface area contributed by atoms with E-state index in [0.29, 0.717) is 13.0 Å². The van der Waals surface area contributed by atoms with Gasteiger partial charge < -0.3 is 10.1 Å². The third kappa shape index (κ3) is 7.45. The Labute approximate surface area is 146 Å². The minimum Gasteiger partial charge on any atom is -0.375 e. The normalized spacial score (nSPS) is 19.7. The molecule has 134 valence electrons. The number of hydrogen-bond donors (Lipinski definition) is 1. The smallest absolute Gasteiger partial charge is 0.220 e.